The fraction of sp³-hybridized carbons (Fsp3) is 0.182. The summed E-state index contributed by atoms with van der Waals surface area (Å²) in [4.78, 5) is 0.906. The molecular formula is C11H11NS. The molecule has 1 nitrogen and oxygen atoms in total. The predicted molar refractivity (Wildman–Crippen MR) is 59.6 cm³/mol. The number of hydrogen-bond donors (Lipinski definition) is 1. The van der Waals surface area contributed by atoms with Crippen LogP contribution in [0.15, 0.2) is 35.9 Å². The molecule has 13 heavy (non-hydrogen) atoms. The number of nitrogens with one attached hydrogen (secondary N) is 1. The van der Waals surface area contributed by atoms with E-state index in [0.29, 0.717) is 0 Å². The molecule has 0 bridgehead atoms. The Kier molecular flexibility index (Phi) is 2.41. The lowest BCUT2D eigenvalue weighted by atomic mass is 10.1. The Morgan fingerprint density at radius 1 is 1.23 bits per heavy atom. The van der Waals surface area contributed by atoms with E-state index in [9.17, 15) is 0 Å². The zero-order chi connectivity index (χ0) is 9.10. The molecule has 1 aromatic rings. The number of benzene rings is 1. The molecule has 1 aliphatic rings. The maximum Gasteiger partial charge on any atom is 0.102 e. The molecule has 1 N–H and O–H groups in total. The van der Waals surface area contributed by atoms with E-state index in [1.807, 2.05) is 18.2 Å². The standard InChI is InChI=1S/C11H11NS/c13-11-10(6-7-12-11)8-9-4-2-1-3-5-9/h1-5,8H,6-7H2,(H,12,13)/b10-8+. The lowest BCUT2D eigenvalue weighted by Gasteiger charge is -1.96. The first-order chi connectivity index (χ1) is 6.36. The quantitative estimate of drug-likeness (QED) is 0.538. The highest BCUT2D eigenvalue weighted by Gasteiger charge is 2.11. The molecule has 1 fully saturated rings. The first-order valence-corrected chi connectivity index (χ1v) is 4.81. The van der Waals surface area contributed by atoms with Gasteiger partial charge in [0.2, 0.25) is 0 Å². The van der Waals surface area contributed by atoms with Crippen molar-refractivity contribution in [3.63, 3.8) is 0 Å². The molecule has 1 heterocycles. The second kappa shape index (κ2) is 3.71. The maximum absolute atomic E-state index is 5.16. The summed E-state index contributed by atoms with van der Waals surface area (Å²) in [7, 11) is 0. The van der Waals surface area contributed by atoms with Crippen LogP contribution in [0.3, 0.4) is 0 Å². The molecule has 0 radical (unpaired) electrons. The van der Waals surface area contributed by atoms with Crippen LogP contribution in [-0.2, 0) is 0 Å². The molecule has 0 unspecified atom stereocenters. The minimum absolute atomic E-state index is 0.906. The average Bonchev–Trinajstić information content (AvgIpc) is 2.54. The van der Waals surface area contributed by atoms with E-state index in [1.165, 1.54) is 11.1 Å². The first-order valence-electron chi connectivity index (χ1n) is 4.40. The van der Waals surface area contributed by atoms with Gasteiger partial charge in [-0.25, -0.2) is 0 Å². The molecule has 1 saturated heterocycles. The Bertz CT molecular complexity index is 340. The summed E-state index contributed by atoms with van der Waals surface area (Å²) < 4.78 is 0. The minimum atomic E-state index is 0.906. The van der Waals surface area contributed by atoms with Gasteiger partial charge in [-0.15, -0.1) is 0 Å². The highest BCUT2D eigenvalue weighted by molar-refractivity contribution is 7.80. The van der Waals surface area contributed by atoms with Crippen molar-refractivity contribution >= 4 is 23.3 Å². The van der Waals surface area contributed by atoms with Gasteiger partial charge < -0.3 is 5.32 Å². The van der Waals surface area contributed by atoms with Crippen molar-refractivity contribution in [2.24, 2.45) is 0 Å². The van der Waals surface area contributed by atoms with E-state index in [2.05, 4.69) is 23.5 Å². The first kappa shape index (κ1) is 8.45. The number of rotatable bonds is 1. The van der Waals surface area contributed by atoms with Gasteiger partial charge in [0.15, 0.2) is 0 Å². The summed E-state index contributed by atoms with van der Waals surface area (Å²) in [5.41, 5.74) is 2.48. The van der Waals surface area contributed by atoms with E-state index in [4.69, 9.17) is 12.2 Å². The second-order valence-corrected chi connectivity index (χ2v) is 3.49. The monoisotopic (exact) mass is 189 g/mol. The Hall–Kier alpha value is -1.15. The molecule has 0 aromatic heterocycles. The largest absolute Gasteiger partial charge is 0.376 e. The van der Waals surface area contributed by atoms with Gasteiger partial charge in [0.1, 0.15) is 4.99 Å². The average molecular weight is 189 g/mol. The second-order valence-electron chi connectivity index (χ2n) is 3.09. The summed E-state index contributed by atoms with van der Waals surface area (Å²) in [6, 6.07) is 10.3. The molecule has 1 aliphatic heterocycles. The van der Waals surface area contributed by atoms with Crippen LogP contribution in [0.2, 0.25) is 0 Å². The number of hydrogen-bond acceptors (Lipinski definition) is 1. The van der Waals surface area contributed by atoms with Crippen LogP contribution in [0.4, 0.5) is 0 Å². The van der Waals surface area contributed by atoms with Crippen LogP contribution in [-0.4, -0.2) is 11.5 Å². The highest BCUT2D eigenvalue weighted by atomic mass is 32.1. The van der Waals surface area contributed by atoms with Crippen LogP contribution >= 0.6 is 12.2 Å². The summed E-state index contributed by atoms with van der Waals surface area (Å²) in [5, 5.41) is 3.15. The third-order valence-electron chi connectivity index (χ3n) is 2.11. The van der Waals surface area contributed by atoms with Gasteiger partial charge in [0, 0.05) is 6.54 Å². The molecule has 2 heteroatoms. The summed E-state index contributed by atoms with van der Waals surface area (Å²) in [6.45, 7) is 0.984. The number of thiocarbonyl (C=S) groups is 1. The zero-order valence-corrected chi connectivity index (χ0v) is 8.10. The lowest BCUT2D eigenvalue weighted by Crippen LogP contribution is -2.11. The zero-order valence-electron chi connectivity index (χ0n) is 7.29. The highest BCUT2D eigenvalue weighted by Crippen LogP contribution is 2.14. The molecule has 0 spiro atoms. The molecule has 0 saturated carbocycles. The van der Waals surface area contributed by atoms with Crippen LogP contribution < -0.4 is 5.32 Å². The van der Waals surface area contributed by atoms with Gasteiger partial charge in [0.25, 0.3) is 0 Å². The predicted octanol–water partition coefficient (Wildman–Crippen LogP) is 2.39. The topological polar surface area (TPSA) is 12.0 Å². The van der Waals surface area contributed by atoms with E-state index >= 15 is 0 Å². The third-order valence-corrected chi connectivity index (χ3v) is 2.52. The lowest BCUT2D eigenvalue weighted by molar-refractivity contribution is 0.960. The Labute approximate surface area is 83.5 Å². The molecule has 0 amide bonds. The van der Waals surface area contributed by atoms with Crippen LogP contribution in [0.5, 0.6) is 0 Å². The van der Waals surface area contributed by atoms with Crippen molar-refractivity contribution in [2.75, 3.05) is 6.54 Å². The van der Waals surface area contributed by atoms with Gasteiger partial charge in [0.05, 0.1) is 0 Å². The van der Waals surface area contributed by atoms with Crippen molar-refractivity contribution < 1.29 is 0 Å². The van der Waals surface area contributed by atoms with Gasteiger partial charge in [-0.05, 0) is 23.6 Å². The van der Waals surface area contributed by atoms with Gasteiger partial charge in [-0.3, -0.25) is 0 Å². The molecule has 66 valence electrons. The maximum atomic E-state index is 5.16. The van der Waals surface area contributed by atoms with Gasteiger partial charge >= 0.3 is 0 Å². The molecule has 2 rings (SSSR count). The van der Waals surface area contributed by atoms with E-state index in [-0.39, 0.29) is 0 Å². The Morgan fingerprint density at radius 3 is 2.62 bits per heavy atom. The summed E-state index contributed by atoms with van der Waals surface area (Å²) in [5.74, 6) is 0. The van der Waals surface area contributed by atoms with Crippen molar-refractivity contribution in [3.8, 4) is 0 Å². The fourth-order valence-corrected chi connectivity index (χ4v) is 1.69. The van der Waals surface area contributed by atoms with Crippen LogP contribution in [0.25, 0.3) is 6.08 Å². The SMILES string of the molecule is S=C1NCC/C1=C\c1ccccc1. The molecule has 0 atom stereocenters. The molecular weight excluding hydrogens is 178 g/mol. The van der Waals surface area contributed by atoms with Gasteiger partial charge in [-0.2, -0.15) is 0 Å². The minimum Gasteiger partial charge on any atom is -0.376 e. The molecule has 1 aromatic carbocycles. The van der Waals surface area contributed by atoms with Crippen molar-refractivity contribution in [1.29, 1.82) is 0 Å². The Balaban J connectivity index is 2.25. The summed E-state index contributed by atoms with van der Waals surface area (Å²) in [6.07, 6.45) is 3.20. The fourth-order valence-electron chi connectivity index (χ4n) is 1.43. The van der Waals surface area contributed by atoms with Crippen molar-refractivity contribution in [2.45, 2.75) is 6.42 Å². The van der Waals surface area contributed by atoms with Crippen molar-refractivity contribution in [3.05, 3.63) is 41.5 Å². The molecule has 0 aliphatic carbocycles. The normalized spacial score (nSPS) is 19.1. The smallest absolute Gasteiger partial charge is 0.102 e. The van der Waals surface area contributed by atoms with E-state index in [1.54, 1.807) is 0 Å². The van der Waals surface area contributed by atoms with Crippen LogP contribution in [0.1, 0.15) is 12.0 Å². The van der Waals surface area contributed by atoms with Crippen molar-refractivity contribution in [1.82, 2.24) is 5.32 Å². The van der Waals surface area contributed by atoms with E-state index < -0.39 is 0 Å². The van der Waals surface area contributed by atoms with Gasteiger partial charge in [-0.1, -0.05) is 42.5 Å². The third kappa shape index (κ3) is 1.95. The Morgan fingerprint density at radius 2 is 2.00 bits per heavy atom. The van der Waals surface area contributed by atoms with E-state index in [0.717, 1.165) is 18.0 Å². The summed E-state index contributed by atoms with van der Waals surface area (Å²) >= 11 is 5.16. The van der Waals surface area contributed by atoms with Crippen LogP contribution in [0, 0.1) is 0 Å².